The topological polar surface area (TPSA) is 86.7 Å². The van der Waals surface area contributed by atoms with E-state index < -0.39 is 35.3 Å². The van der Waals surface area contributed by atoms with Crippen molar-refractivity contribution in [1.82, 2.24) is 4.90 Å². The summed E-state index contributed by atoms with van der Waals surface area (Å²) in [6, 6.07) is 2.62. The van der Waals surface area contributed by atoms with E-state index in [2.05, 4.69) is 5.32 Å². The van der Waals surface area contributed by atoms with Gasteiger partial charge in [0, 0.05) is 24.7 Å². The van der Waals surface area contributed by atoms with Gasteiger partial charge in [-0.25, -0.2) is 8.78 Å². The SMILES string of the molecule is CN(CC(=O)Nc1cc(F)cc(F)c1)C(=O)[C@@H]1CC[C@H](C(=O)O)C1. The van der Waals surface area contributed by atoms with Crippen LogP contribution in [0.25, 0.3) is 0 Å². The lowest BCUT2D eigenvalue weighted by Crippen LogP contribution is -2.38. The molecule has 1 aromatic rings. The molecule has 1 aliphatic carbocycles. The Balaban J connectivity index is 1.89. The first-order valence-corrected chi connectivity index (χ1v) is 7.50. The van der Waals surface area contributed by atoms with E-state index in [-0.39, 0.29) is 24.6 Å². The van der Waals surface area contributed by atoms with Gasteiger partial charge in [0.1, 0.15) is 11.6 Å². The Bertz CT molecular complexity index is 645. The number of amides is 2. The number of rotatable bonds is 5. The van der Waals surface area contributed by atoms with Crippen LogP contribution in [0, 0.1) is 23.5 Å². The maximum Gasteiger partial charge on any atom is 0.306 e. The first kappa shape index (κ1) is 17.8. The molecule has 2 N–H and O–H groups in total. The molecule has 2 rings (SSSR count). The molecule has 0 unspecified atom stereocenters. The van der Waals surface area contributed by atoms with Gasteiger partial charge in [0.25, 0.3) is 0 Å². The van der Waals surface area contributed by atoms with Gasteiger partial charge in [0.15, 0.2) is 0 Å². The zero-order valence-corrected chi connectivity index (χ0v) is 13.1. The van der Waals surface area contributed by atoms with Gasteiger partial charge in [-0.15, -0.1) is 0 Å². The zero-order valence-electron chi connectivity index (χ0n) is 13.1. The van der Waals surface area contributed by atoms with E-state index >= 15 is 0 Å². The maximum absolute atomic E-state index is 13.1. The van der Waals surface area contributed by atoms with Crippen molar-refractivity contribution in [2.75, 3.05) is 18.9 Å². The standard InChI is InChI=1S/C16H18F2N2O4/c1-20(15(22)9-2-3-10(4-9)16(23)24)8-14(21)19-13-6-11(17)5-12(18)7-13/h5-7,9-10H,2-4,8H2,1H3,(H,19,21)(H,23,24)/t9-,10+/m1/s1. The number of hydrogen-bond acceptors (Lipinski definition) is 3. The summed E-state index contributed by atoms with van der Waals surface area (Å²) in [4.78, 5) is 36.3. The molecular formula is C16H18F2N2O4. The van der Waals surface area contributed by atoms with E-state index in [1.54, 1.807) is 0 Å². The third-order valence-corrected chi connectivity index (χ3v) is 4.03. The van der Waals surface area contributed by atoms with E-state index in [0.29, 0.717) is 18.9 Å². The molecular weight excluding hydrogens is 322 g/mol. The maximum atomic E-state index is 13.1. The second-order valence-electron chi connectivity index (χ2n) is 5.95. The number of benzene rings is 1. The Hall–Kier alpha value is -2.51. The molecule has 0 radical (unpaired) electrons. The van der Waals surface area contributed by atoms with E-state index in [4.69, 9.17) is 5.11 Å². The molecule has 1 aliphatic rings. The van der Waals surface area contributed by atoms with Gasteiger partial charge in [0.2, 0.25) is 11.8 Å². The number of carboxylic acid groups (broad SMARTS) is 1. The molecule has 2 amide bonds. The number of nitrogens with zero attached hydrogens (tertiary/aromatic N) is 1. The van der Waals surface area contributed by atoms with Gasteiger partial charge in [0.05, 0.1) is 12.5 Å². The number of carboxylic acids is 1. The van der Waals surface area contributed by atoms with Crippen molar-refractivity contribution in [2.45, 2.75) is 19.3 Å². The van der Waals surface area contributed by atoms with Crippen LogP contribution in [0.2, 0.25) is 0 Å². The van der Waals surface area contributed by atoms with Crippen LogP contribution in [0.4, 0.5) is 14.5 Å². The number of likely N-dealkylation sites (N-methyl/N-ethyl adjacent to an activating group) is 1. The van der Waals surface area contributed by atoms with E-state index in [0.717, 1.165) is 12.1 Å². The number of carbonyl (C=O) groups is 3. The number of anilines is 1. The lowest BCUT2D eigenvalue weighted by atomic mass is 10.0. The van der Waals surface area contributed by atoms with Crippen molar-refractivity contribution < 1.29 is 28.3 Å². The fourth-order valence-electron chi connectivity index (χ4n) is 2.86. The first-order chi connectivity index (χ1) is 11.3. The third-order valence-electron chi connectivity index (χ3n) is 4.03. The molecule has 0 bridgehead atoms. The molecule has 2 atom stereocenters. The summed E-state index contributed by atoms with van der Waals surface area (Å²) in [7, 11) is 1.43. The van der Waals surface area contributed by atoms with Crippen LogP contribution in [0.15, 0.2) is 18.2 Å². The van der Waals surface area contributed by atoms with Gasteiger partial charge in [-0.3, -0.25) is 14.4 Å². The second-order valence-corrected chi connectivity index (χ2v) is 5.95. The Kier molecular flexibility index (Phi) is 5.48. The monoisotopic (exact) mass is 340 g/mol. The Morgan fingerprint density at radius 3 is 2.29 bits per heavy atom. The van der Waals surface area contributed by atoms with Crippen molar-refractivity contribution in [3.8, 4) is 0 Å². The number of halogens is 2. The lowest BCUT2D eigenvalue weighted by molar-refractivity contribution is -0.142. The summed E-state index contributed by atoms with van der Waals surface area (Å²) in [5, 5.41) is 11.3. The fraction of sp³-hybridized carbons (Fsp3) is 0.438. The highest BCUT2D eigenvalue weighted by atomic mass is 19.1. The normalized spacial score (nSPS) is 19.8. The van der Waals surface area contributed by atoms with Crippen molar-refractivity contribution in [2.24, 2.45) is 11.8 Å². The minimum atomic E-state index is -0.918. The van der Waals surface area contributed by atoms with E-state index in [1.165, 1.54) is 11.9 Å². The molecule has 6 nitrogen and oxygen atoms in total. The highest BCUT2D eigenvalue weighted by Crippen LogP contribution is 2.32. The largest absolute Gasteiger partial charge is 0.481 e. The number of hydrogen-bond donors (Lipinski definition) is 2. The van der Waals surface area contributed by atoms with Crippen molar-refractivity contribution in [3.05, 3.63) is 29.8 Å². The van der Waals surface area contributed by atoms with Crippen molar-refractivity contribution >= 4 is 23.5 Å². The Labute approximate surface area is 137 Å². The van der Waals surface area contributed by atoms with Gasteiger partial charge < -0.3 is 15.3 Å². The second kappa shape index (κ2) is 7.37. The van der Waals surface area contributed by atoms with E-state index in [1.807, 2.05) is 0 Å². The Morgan fingerprint density at radius 2 is 1.75 bits per heavy atom. The molecule has 8 heteroatoms. The van der Waals surface area contributed by atoms with Crippen LogP contribution < -0.4 is 5.32 Å². The van der Waals surface area contributed by atoms with Crippen LogP contribution in [-0.4, -0.2) is 41.4 Å². The molecule has 0 saturated heterocycles. The zero-order chi connectivity index (χ0) is 17.9. The summed E-state index contributed by atoms with van der Waals surface area (Å²) in [6.45, 7) is -0.287. The predicted molar refractivity (Wildman–Crippen MR) is 81.1 cm³/mol. The predicted octanol–water partition coefficient (Wildman–Crippen LogP) is 1.86. The van der Waals surface area contributed by atoms with Crippen LogP contribution in [0.5, 0.6) is 0 Å². The summed E-state index contributed by atoms with van der Waals surface area (Å²) < 4.78 is 26.1. The summed E-state index contributed by atoms with van der Waals surface area (Å²) in [6.07, 6.45) is 1.17. The van der Waals surface area contributed by atoms with Crippen LogP contribution >= 0.6 is 0 Å². The summed E-state index contributed by atoms with van der Waals surface area (Å²) in [5.74, 6) is -4.41. The van der Waals surface area contributed by atoms with Crippen LogP contribution in [0.3, 0.4) is 0 Å². The van der Waals surface area contributed by atoms with E-state index in [9.17, 15) is 23.2 Å². The van der Waals surface area contributed by atoms with Gasteiger partial charge in [-0.2, -0.15) is 0 Å². The minimum absolute atomic E-state index is 0.0369. The average Bonchev–Trinajstić information content (AvgIpc) is 2.94. The fourth-order valence-corrected chi connectivity index (χ4v) is 2.86. The lowest BCUT2D eigenvalue weighted by Gasteiger charge is -2.20. The van der Waals surface area contributed by atoms with Crippen molar-refractivity contribution in [3.63, 3.8) is 0 Å². The third kappa shape index (κ3) is 4.50. The number of aliphatic carboxylic acids is 1. The molecule has 130 valence electrons. The number of nitrogens with one attached hydrogen (secondary N) is 1. The Morgan fingerprint density at radius 1 is 1.17 bits per heavy atom. The van der Waals surface area contributed by atoms with Crippen molar-refractivity contribution in [1.29, 1.82) is 0 Å². The average molecular weight is 340 g/mol. The molecule has 0 heterocycles. The molecule has 1 aromatic carbocycles. The van der Waals surface area contributed by atoms with Gasteiger partial charge in [-0.1, -0.05) is 0 Å². The highest BCUT2D eigenvalue weighted by Gasteiger charge is 2.35. The molecule has 1 fully saturated rings. The summed E-state index contributed by atoms with van der Waals surface area (Å²) in [5.41, 5.74) is -0.0369. The number of carbonyl (C=O) groups excluding carboxylic acids is 2. The van der Waals surface area contributed by atoms with Crippen LogP contribution in [0.1, 0.15) is 19.3 Å². The quantitative estimate of drug-likeness (QED) is 0.857. The highest BCUT2D eigenvalue weighted by molar-refractivity contribution is 5.94. The van der Waals surface area contributed by atoms with Crippen LogP contribution in [-0.2, 0) is 14.4 Å². The summed E-state index contributed by atoms with van der Waals surface area (Å²) >= 11 is 0. The van der Waals surface area contributed by atoms with Gasteiger partial charge >= 0.3 is 5.97 Å². The molecule has 0 spiro atoms. The minimum Gasteiger partial charge on any atom is -0.481 e. The molecule has 0 aliphatic heterocycles. The molecule has 1 saturated carbocycles. The smallest absolute Gasteiger partial charge is 0.306 e. The molecule has 24 heavy (non-hydrogen) atoms. The molecule has 0 aromatic heterocycles. The van der Waals surface area contributed by atoms with Gasteiger partial charge in [-0.05, 0) is 31.4 Å². The first-order valence-electron chi connectivity index (χ1n) is 7.50.